The Hall–Kier alpha value is -2.37. The van der Waals surface area contributed by atoms with Gasteiger partial charge in [-0.05, 0) is 12.5 Å². The first-order valence-electron chi connectivity index (χ1n) is 4.99. The molecule has 0 bridgehead atoms. The van der Waals surface area contributed by atoms with Gasteiger partial charge in [-0.25, -0.2) is 9.89 Å². The third-order valence-electron chi connectivity index (χ3n) is 2.23. The molecule has 2 aromatic rings. The summed E-state index contributed by atoms with van der Waals surface area (Å²) in [5.41, 5.74) is 1.95. The van der Waals surface area contributed by atoms with Gasteiger partial charge >= 0.3 is 5.97 Å². The fourth-order valence-electron chi connectivity index (χ4n) is 1.29. The van der Waals surface area contributed by atoms with Crippen LogP contribution in [0.2, 0.25) is 0 Å². The van der Waals surface area contributed by atoms with E-state index >= 15 is 0 Å². The van der Waals surface area contributed by atoms with Gasteiger partial charge in [0.2, 0.25) is 5.69 Å². The van der Waals surface area contributed by atoms with Gasteiger partial charge < -0.3 is 9.84 Å². The Balaban J connectivity index is 2.05. The molecule has 1 aromatic heterocycles. The van der Waals surface area contributed by atoms with Gasteiger partial charge in [-0.15, -0.1) is 0 Å². The number of hydrogen-bond acceptors (Lipinski definition) is 4. The van der Waals surface area contributed by atoms with E-state index in [4.69, 9.17) is 9.84 Å². The van der Waals surface area contributed by atoms with Gasteiger partial charge in [0.25, 0.3) is 5.88 Å². The van der Waals surface area contributed by atoms with Gasteiger partial charge in [0.05, 0.1) is 0 Å². The topological polar surface area (TPSA) is 88.1 Å². The summed E-state index contributed by atoms with van der Waals surface area (Å²) in [5, 5.41) is 18.0. The largest absolute Gasteiger partial charge is 0.476 e. The third-order valence-corrected chi connectivity index (χ3v) is 2.23. The molecule has 88 valence electrons. The molecule has 2 rings (SSSR count). The zero-order valence-electron chi connectivity index (χ0n) is 9.17. The Labute approximate surface area is 97.2 Å². The fourth-order valence-corrected chi connectivity index (χ4v) is 1.29. The summed E-state index contributed by atoms with van der Waals surface area (Å²) in [5.74, 6) is -1.15. The Morgan fingerprint density at radius 3 is 2.76 bits per heavy atom. The first kappa shape index (κ1) is 11.1. The Bertz CT molecular complexity index is 519. The summed E-state index contributed by atoms with van der Waals surface area (Å²) in [6, 6.07) is 7.74. The van der Waals surface area contributed by atoms with Crippen LogP contribution in [0.3, 0.4) is 0 Å². The molecule has 17 heavy (non-hydrogen) atoms. The minimum Gasteiger partial charge on any atom is -0.476 e. The lowest BCUT2D eigenvalue weighted by Crippen LogP contribution is -2.03. The van der Waals surface area contributed by atoms with Crippen molar-refractivity contribution >= 4 is 5.97 Å². The first-order chi connectivity index (χ1) is 8.16. The second kappa shape index (κ2) is 4.65. The molecule has 6 nitrogen and oxygen atoms in total. The van der Waals surface area contributed by atoms with E-state index < -0.39 is 5.97 Å². The molecule has 0 saturated heterocycles. The SMILES string of the molecule is Cc1ccc(COc2nn[nH]c2C(=O)O)cc1. The van der Waals surface area contributed by atoms with E-state index in [2.05, 4.69) is 15.4 Å². The lowest BCUT2D eigenvalue weighted by atomic mass is 10.2. The number of aryl methyl sites for hydroxylation is 1. The first-order valence-corrected chi connectivity index (χ1v) is 4.99. The van der Waals surface area contributed by atoms with Crippen LogP contribution in [0.5, 0.6) is 5.88 Å². The lowest BCUT2D eigenvalue weighted by Gasteiger charge is -2.03. The molecule has 0 atom stereocenters. The molecule has 0 unspecified atom stereocenters. The number of hydrogen-bond donors (Lipinski definition) is 2. The van der Waals surface area contributed by atoms with E-state index in [1.54, 1.807) is 0 Å². The molecule has 1 aromatic carbocycles. The number of nitrogens with zero attached hydrogens (tertiary/aromatic N) is 2. The summed E-state index contributed by atoms with van der Waals surface area (Å²) in [6.45, 7) is 2.25. The van der Waals surface area contributed by atoms with Crippen LogP contribution in [0.15, 0.2) is 24.3 Å². The third kappa shape index (κ3) is 2.60. The van der Waals surface area contributed by atoms with E-state index in [1.807, 2.05) is 31.2 Å². The number of carbonyl (C=O) groups is 1. The van der Waals surface area contributed by atoms with Crippen molar-refractivity contribution in [2.24, 2.45) is 0 Å². The van der Waals surface area contributed by atoms with Crippen molar-refractivity contribution < 1.29 is 14.6 Å². The summed E-state index contributed by atoms with van der Waals surface area (Å²) in [7, 11) is 0. The van der Waals surface area contributed by atoms with Crippen molar-refractivity contribution in [3.05, 3.63) is 41.1 Å². The maximum absolute atomic E-state index is 10.7. The van der Waals surface area contributed by atoms with Gasteiger partial charge in [0.15, 0.2) is 0 Å². The number of benzene rings is 1. The molecule has 6 heteroatoms. The van der Waals surface area contributed by atoms with E-state index in [9.17, 15) is 4.79 Å². The molecule has 0 spiro atoms. The highest BCUT2D eigenvalue weighted by Crippen LogP contribution is 2.13. The van der Waals surface area contributed by atoms with Gasteiger partial charge in [-0.1, -0.05) is 40.1 Å². The van der Waals surface area contributed by atoms with Crippen molar-refractivity contribution in [1.29, 1.82) is 0 Å². The molecule has 0 radical (unpaired) electrons. The summed E-state index contributed by atoms with van der Waals surface area (Å²) in [4.78, 5) is 10.7. The van der Waals surface area contributed by atoms with Gasteiger partial charge in [0, 0.05) is 0 Å². The van der Waals surface area contributed by atoms with Gasteiger partial charge in [-0.2, -0.15) is 0 Å². The number of carboxylic acid groups (broad SMARTS) is 1. The van der Waals surface area contributed by atoms with E-state index in [0.29, 0.717) is 0 Å². The molecule has 0 saturated carbocycles. The molecule has 0 aliphatic heterocycles. The molecule has 0 amide bonds. The Morgan fingerprint density at radius 2 is 2.12 bits per heavy atom. The minimum absolute atomic E-state index is 0.00178. The number of aromatic nitrogens is 3. The highest BCUT2D eigenvalue weighted by molar-refractivity contribution is 5.87. The van der Waals surface area contributed by atoms with Crippen LogP contribution in [0.1, 0.15) is 21.6 Å². The van der Waals surface area contributed by atoms with Crippen LogP contribution in [0.4, 0.5) is 0 Å². The Kier molecular flexibility index (Phi) is 3.04. The number of rotatable bonds is 4. The molecule has 1 heterocycles. The van der Waals surface area contributed by atoms with Crippen LogP contribution < -0.4 is 4.74 Å². The monoisotopic (exact) mass is 233 g/mol. The van der Waals surface area contributed by atoms with Crippen LogP contribution in [-0.2, 0) is 6.61 Å². The summed E-state index contributed by atoms with van der Waals surface area (Å²) < 4.78 is 5.28. The number of H-pyrrole nitrogens is 1. The lowest BCUT2D eigenvalue weighted by molar-refractivity contribution is 0.0685. The predicted octanol–water partition coefficient (Wildman–Crippen LogP) is 1.39. The molecular weight excluding hydrogens is 222 g/mol. The van der Waals surface area contributed by atoms with Crippen molar-refractivity contribution in [3.63, 3.8) is 0 Å². The number of nitrogens with one attached hydrogen (secondary N) is 1. The number of carboxylic acids is 1. The van der Waals surface area contributed by atoms with Gasteiger partial charge in [-0.3, -0.25) is 0 Å². The van der Waals surface area contributed by atoms with Crippen LogP contribution in [0, 0.1) is 6.92 Å². The van der Waals surface area contributed by atoms with Crippen molar-refractivity contribution in [2.75, 3.05) is 0 Å². The van der Waals surface area contributed by atoms with Gasteiger partial charge in [0.1, 0.15) is 6.61 Å². The zero-order valence-corrected chi connectivity index (χ0v) is 9.17. The van der Waals surface area contributed by atoms with Crippen LogP contribution in [-0.4, -0.2) is 26.5 Å². The molecular formula is C11H11N3O3. The second-order valence-corrected chi connectivity index (χ2v) is 3.57. The average molecular weight is 233 g/mol. The molecule has 2 N–H and O–H groups in total. The fraction of sp³-hybridized carbons (Fsp3) is 0.182. The standard InChI is InChI=1S/C11H11N3O3/c1-7-2-4-8(5-3-7)6-17-10-9(11(15)16)12-14-13-10/h2-5H,6H2,1H3,(H,15,16)(H,12,13,14). The van der Waals surface area contributed by atoms with Crippen LogP contribution >= 0.6 is 0 Å². The Morgan fingerprint density at radius 1 is 1.41 bits per heavy atom. The van der Waals surface area contributed by atoms with Crippen molar-refractivity contribution in [1.82, 2.24) is 15.4 Å². The normalized spacial score (nSPS) is 10.2. The minimum atomic E-state index is -1.14. The summed E-state index contributed by atoms with van der Waals surface area (Å²) >= 11 is 0. The number of ether oxygens (including phenoxy) is 1. The highest BCUT2D eigenvalue weighted by atomic mass is 16.5. The van der Waals surface area contributed by atoms with E-state index in [0.717, 1.165) is 11.1 Å². The molecule has 0 aliphatic rings. The van der Waals surface area contributed by atoms with E-state index in [-0.39, 0.29) is 18.2 Å². The van der Waals surface area contributed by atoms with Crippen molar-refractivity contribution in [2.45, 2.75) is 13.5 Å². The van der Waals surface area contributed by atoms with Crippen LogP contribution in [0.25, 0.3) is 0 Å². The smallest absolute Gasteiger partial charge is 0.359 e. The maximum atomic E-state index is 10.7. The van der Waals surface area contributed by atoms with E-state index in [1.165, 1.54) is 0 Å². The number of aromatic carboxylic acids is 1. The maximum Gasteiger partial charge on any atom is 0.359 e. The quantitative estimate of drug-likeness (QED) is 0.833. The average Bonchev–Trinajstić information content (AvgIpc) is 2.76. The highest BCUT2D eigenvalue weighted by Gasteiger charge is 2.15. The number of aromatic amines is 1. The summed E-state index contributed by atoms with van der Waals surface area (Å²) in [6.07, 6.45) is 0. The second-order valence-electron chi connectivity index (χ2n) is 3.57. The molecule has 0 aliphatic carbocycles. The zero-order chi connectivity index (χ0) is 12.3. The predicted molar refractivity (Wildman–Crippen MR) is 58.9 cm³/mol. The molecule has 0 fully saturated rings. The van der Waals surface area contributed by atoms with Crippen molar-refractivity contribution in [3.8, 4) is 5.88 Å².